The number of aliphatic carboxylic acids is 1. The number of hydrogen-bond donors (Lipinski definition) is 2. The van der Waals surface area contributed by atoms with Crippen LogP contribution < -0.4 is 10.1 Å². The van der Waals surface area contributed by atoms with Gasteiger partial charge >= 0.3 is 5.97 Å². The van der Waals surface area contributed by atoms with Gasteiger partial charge in [-0.2, -0.15) is 5.10 Å². The Balaban J connectivity index is 1.57. The highest BCUT2D eigenvalue weighted by molar-refractivity contribution is 8.15. The van der Waals surface area contributed by atoms with Crippen LogP contribution in [0.4, 0.5) is 4.39 Å². The van der Waals surface area contributed by atoms with Gasteiger partial charge in [0.1, 0.15) is 23.4 Å². The van der Waals surface area contributed by atoms with Crippen LogP contribution in [0, 0.1) is 5.82 Å². The van der Waals surface area contributed by atoms with Crippen molar-refractivity contribution in [2.75, 3.05) is 0 Å². The second-order valence-corrected chi connectivity index (χ2v) is 7.02. The van der Waals surface area contributed by atoms with Crippen molar-refractivity contribution in [3.05, 3.63) is 65.5 Å². The van der Waals surface area contributed by atoms with E-state index in [1.165, 1.54) is 18.3 Å². The van der Waals surface area contributed by atoms with Crippen LogP contribution in [0.3, 0.4) is 0 Å². The fourth-order valence-electron chi connectivity index (χ4n) is 2.35. The van der Waals surface area contributed by atoms with Gasteiger partial charge in [0.25, 0.3) is 0 Å². The number of hydrogen-bond acceptors (Lipinski definition) is 6. The summed E-state index contributed by atoms with van der Waals surface area (Å²) >= 11 is 1.04. The molecule has 1 heterocycles. The highest BCUT2D eigenvalue weighted by Crippen LogP contribution is 2.22. The Morgan fingerprint density at radius 1 is 1.29 bits per heavy atom. The lowest BCUT2D eigenvalue weighted by atomic mass is 10.1. The fraction of sp³-hybridized carbons (Fsp3) is 0.158. The first kappa shape index (κ1) is 19.6. The van der Waals surface area contributed by atoms with E-state index in [1.807, 2.05) is 24.3 Å². The molecule has 1 amide bonds. The van der Waals surface area contributed by atoms with Gasteiger partial charge < -0.3 is 15.2 Å². The number of ether oxygens (including phenoxy) is 1. The minimum atomic E-state index is -1.04. The molecular formula is C19H16FN3O4S. The molecule has 1 aliphatic heterocycles. The van der Waals surface area contributed by atoms with Gasteiger partial charge in [0, 0.05) is 0 Å². The van der Waals surface area contributed by atoms with E-state index in [9.17, 15) is 14.0 Å². The number of amides is 1. The van der Waals surface area contributed by atoms with Crippen LogP contribution in [0.2, 0.25) is 0 Å². The summed E-state index contributed by atoms with van der Waals surface area (Å²) in [5.41, 5.74) is 1.67. The van der Waals surface area contributed by atoms with Crippen molar-refractivity contribution in [3.63, 3.8) is 0 Å². The SMILES string of the molecule is O=C(O)CC1SC(=NN=Cc2cccc(COc3ccc(F)cc3)c2)NC1=O. The molecule has 7 nitrogen and oxygen atoms in total. The molecule has 1 unspecified atom stereocenters. The molecule has 144 valence electrons. The molecule has 1 aliphatic rings. The number of rotatable bonds is 7. The first-order valence-electron chi connectivity index (χ1n) is 8.27. The Labute approximate surface area is 164 Å². The number of amidine groups is 1. The molecule has 2 aromatic rings. The van der Waals surface area contributed by atoms with E-state index >= 15 is 0 Å². The molecule has 1 fully saturated rings. The number of carboxylic acid groups (broad SMARTS) is 1. The largest absolute Gasteiger partial charge is 0.489 e. The molecular weight excluding hydrogens is 385 g/mol. The van der Waals surface area contributed by atoms with Crippen molar-refractivity contribution in [2.45, 2.75) is 18.3 Å². The topological polar surface area (TPSA) is 100 Å². The summed E-state index contributed by atoms with van der Waals surface area (Å²) in [7, 11) is 0. The van der Waals surface area contributed by atoms with Crippen molar-refractivity contribution in [1.82, 2.24) is 5.32 Å². The molecule has 28 heavy (non-hydrogen) atoms. The lowest BCUT2D eigenvalue weighted by molar-refractivity contribution is -0.138. The first-order valence-corrected chi connectivity index (χ1v) is 9.15. The quantitative estimate of drug-likeness (QED) is 0.549. The standard InChI is InChI=1S/C19H16FN3O4S/c20-14-4-6-15(7-5-14)27-11-13-3-1-2-12(8-13)10-21-23-19-22-18(26)16(28-19)9-17(24)25/h1-8,10,16H,9,11H2,(H,24,25)(H,22,23,26). The molecule has 0 bridgehead atoms. The number of carbonyl (C=O) groups is 2. The molecule has 2 N–H and O–H groups in total. The second-order valence-electron chi connectivity index (χ2n) is 5.83. The van der Waals surface area contributed by atoms with Crippen LogP contribution >= 0.6 is 11.8 Å². The van der Waals surface area contributed by atoms with Gasteiger partial charge in [-0.3, -0.25) is 9.59 Å². The zero-order valence-corrected chi connectivity index (χ0v) is 15.4. The number of carboxylic acids is 1. The predicted octanol–water partition coefficient (Wildman–Crippen LogP) is 2.80. The van der Waals surface area contributed by atoms with E-state index in [-0.39, 0.29) is 23.3 Å². The van der Waals surface area contributed by atoms with Gasteiger partial charge in [0.2, 0.25) is 5.91 Å². The zero-order chi connectivity index (χ0) is 19.9. The third-order valence-corrected chi connectivity index (χ3v) is 4.73. The Bertz CT molecular complexity index is 931. The minimum Gasteiger partial charge on any atom is -0.489 e. The Kier molecular flexibility index (Phi) is 6.38. The Morgan fingerprint density at radius 2 is 2.07 bits per heavy atom. The van der Waals surface area contributed by atoms with Gasteiger partial charge in [-0.15, -0.1) is 5.10 Å². The van der Waals surface area contributed by atoms with Crippen LogP contribution in [-0.4, -0.2) is 33.6 Å². The second kappa shape index (κ2) is 9.14. The smallest absolute Gasteiger partial charge is 0.305 e. The maximum atomic E-state index is 12.9. The van der Waals surface area contributed by atoms with Gasteiger partial charge in [-0.05, 0) is 41.5 Å². The number of nitrogens with one attached hydrogen (secondary N) is 1. The molecule has 3 rings (SSSR count). The van der Waals surface area contributed by atoms with Crippen molar-refractivity contribution in [2.24, 2.45) is 10.2 Å². The number of thioether (sulfide) groups is 1. The van der Waals surface area contributed by atoms with Crippen LogP contribution in [0.25, 0.3) is 0 Å². The predicted molar refractivity (Wildman–Crippen MR) is 104 cm³/mol. The van der Waals surface area contributed by atoms with Crippen LogP contribution in [0.15, 0.2) is 58.7 Å². The lowest BCUT2D eigenvalue weighted by Gasteiger charge is -2.06. The maximum absolute atomic E-state index is 12.9. The van der Waals surface area contributed by atoms with Crippen LogP contribution in [-0.2, 0) is 16.2 Å². The molecule has 0 spiro atoms. The normalized spacial score (nSPS) is 17.8. The van der Waals surface area contributed by atoms with E-state index in [4.69, 9.17) is 9.84 Å². The van der Waals surface area contributed by atoms with Gasteiger partial charge in [0.05, 0.1) is 12.6 Å². The molecule has 2 aromatic carbocycles. The average molecular weight is 401 g/mol. The highest BCUT2D eigenvalue weighted by atomic mass is 32.2. The molecule has 9 heteroatoms. The number of halogens is 1. The Morgan fingerprint density at radius 3 is 2.82 bits per heavy atom. The molecule has 0 radical (unpaired) electrons. The zero-order valence-electron chi connectivity index (χ0n) is 14.5. The van der Waals surface area contributed by atoms with E-state index in [0.29, 0.717) is 12.4 Å². The first-order chi connectivity index (χ1) is 13.5. The summed E-state index contributed by atoms with van der Waals surface area (Å²) in [6.45, 7) is 0.310. The summed E-state index contributed by atoms with van der Waals surface area (Å²) in [4.78, 5) is 22.4. The van der Waals surface area contributed by atoms with Crippen LogP contribution in [0.1, 0.15) is 17.5 Å². The van der Waals surface area contributed by atoms with Gasteiger partial charge in [-0.1, -0.05) is 30.0 Å². The molecule has 1 saturated heterocycles. The molecule has 1 atom stereocenters. The molecule has 0 saturated carbocycles. The van der Waals surface area contributed by atoms with E-state index in [2.05, 4.69) is 15.5 Å². The third kappa shape index (κ3) is 5.65. The monoisotopic (exact) mass is 401 g/mol. The van der Waals surface area contributed by atoms with E-state index < -0.39 is 11.2 Å². The van der Waals surface area contributed by atoms with Crippen LogP contribution in [0.5, 0.6) is 5.75 Å². The third-order valence-electron chi connectivity index (χ3n) is 3.66. The van der Waals surface area contributed by atoms with Crippen molar-refractivity contribution < 1.29 is 23.8 Å². The summed E-state index contributed by atoms with van der Waals surface area (Å²) in [6, 6.07) is 13.2. The number of nitrogens with zero attached hydrogens (tertiary/aromatic N) is 2. The van der Waals surface area contributed by atoms with Crippen molar-refractivity contribution in [1.29, 1.82) is 0 Å². The van der Waals surface area contributed by atoms with E-state index in [0.717, 1.165) is 22.9 Å². The minimum absolute atomic E-state index is 0.267. The fourth-order valence-corrected chi connectivity index (χ4v) is 3.27. The highest BCUT2D eigenvalue weighted by Gasteiger charge is 2.32. The number of carbonyl (C=O) groups excluding carboxylic acids is 1. The molecule has 0 aromatic heterocycles. The van der Waals surface area contributed by atoms with E-state index in [1.54, 1.807) is 12.1 Å². The van der Waals surface area contributed by atoms with Gasteiger partial charge in [0.15, 0.2) is 5.17 Å². The molecule has 0 aliphatic carbocycles. The summed E-state index contributed by atoms with van der Waals surface area (Å²) in [5.74, 6) is -1.19. The lowest BCUT2D eigenvalue weighted by Crippen LogP contribution is -2.26. The van der Waals surface area contributed by atoms with Crippen molar-refractivity contribution >= 4 is 35.0 Å². The Hall–Kier alpha value is -3.20. The summed E-state index contributed by atoms with van der Waals surface area (Å²) in [5, 5.41) is 18.7. The number of benzene rings is 2. The van der Waals surface area contributed by atoms with Crippen molar-refractivity contribution in [3.8, 4) is 5.75 Å². The summed E-state index contributed by atoms with van der Waals surface area (Å²) < 4.78 is 18.5. The van der Waals surface area contributed by atoms with Gasteiger partial charge in [-0.25, -0.2) is 4.39 Å². The average Bonchev–Trinajstić information content (AvgIpc) is 3.00. The maximum Gasteiger partial charge on any atom is 0.305 e. The summed E-state index contributed by atoms with van der Waals surface area (Å²) in [6.07, 6.45) is 1.25.